The molecule has 2 aliphatic heterocycles. The zero-order valence-electron chi connectivity index (χ0n) is 8.46. The third-order valence-electron chi connectivity index (χ3n) is 3.03. The van der Waals surface area contributed by atoms with Crippen molar-refractivity contribution in [3.63, 3.8) is 0 Å². The number of likely N-dealkylation sites (N-methyl/N-ethyl adjacent to an activating group) is 1. The summed E-state index contributed by atoms with van der Waals surface area (Å²) in [6, 6.07) is 1.57. The Kier molecular flexibility index (Phi) is 3.52. The number of nitrogens with zero attached hydrogens (tertiary/aromatic N) is 1. The molecule has 0 saturated carbocycles. The summed E-state index contributed by atoms with van der Waals surface area (Å²) >= 11 is 2.10. The van der Waals surface area contributed by atoms with Crippen molar-refractivity contribution in [2.75, 3.05) is 31.6 Å². The molecular weight excluding hydrogens is 180 g/mol. The van der Waals surface area contributed by atoms with Crippen molar-refractivity contribution in [1.29, 1.82) is 0 Å². The minimum Gasteiger partial charge on any atom is -0.309 e. The van der Waals surface area contributed by atoms with E-state index in [0.717, 1.165) is 12.1 Å². The Morgan fingerprint density at radius 2 is 2.23 bits per heavy atom. The standard InChI is InChI=1S/C10H20N2S/c1-12-5-2-3-9(7-12)11-10-4-6-13-8-10/h9-11H,2-8H2,1H3. The highest BCUT2D eigenvalue weighted by molar-refractivity contribution is 7.99. The normalized spacial score (nSPS) is 36.7. The Morgan fingerprint density at radius 1 is 1.31 bits per heavy atom. The number of likely N-dealkylation sites (tertiary alicyclic amines) is 1. The Balaban J connectivity index is 1.73. The lowest BCUT2D eigenvalue weighted by molar-refractivity contribution is 0.219. The Bertz CT molecular complexity index is 157. The summed E-state index contributed by atoms with van der Waals surface area (Å²) in [7, 11) is 2.23. The van der Waals surface area contributed by atoms with Crippen LogP contribution in [-0.2, 0) is 0 Å². The molecule has 0 radical (unpaired) electrons. The van der Waals surface area contributed by atoms with Crippen LogP contribution in [0.3, 0.4) is 0 Å². The maximum absolute atomic E-state index is 3.79. The van der Waals surface area contributed by atoms with Crippen LogP contribution in [0.5, 0.6) is 0 Å². The third-order valence-corrected chi connectivity index (χ3v) is 4.19. The molecule has 0 spiro atoms. The van der Waals surface area contributed by atoms with Gasteiger partial charge in [-0.1, -0.05) is 0 Å². The first-order valence-corrected chi connectivity index (χ1v) is 6.52. The first kappa shape index (κ1) is 9.81. The van der Waals surface area contributed by atoms with E-state index in [1.54, 1.807) is 0 Å². The van der Waals surface area contributed by atoms with E-state index in [1.807, 2.05) is 0 Å². The topological polar surface area (TPSA) is 15.3 Å². The van der Waals surface area contributed by atoms with Gasteiger partial charge in [0.25, 0.3) is 0 Å². The molecule has 0 bridgehead atoms. The lowest BCUT2D eigenvalue weighted by Crippen LogP contribution is -2.47. The fourth-order valence-electron chi connectivity index (χ4n) is 2.30. The van der Waals surface area contributed by atoms with Crippen molar-refractivity contribution in [3.8, 4) is 0 Å². The minimum atomic E-state index is 0.766. The summed E-state index contributed by atoms with van der Waals surface area (Å²) in [5, 5.41) is 3.79. The summed E-state index contributed by atoms with van der Waals surface area (Å²) in [4.78, 5) is 2.45. The summed E-state index contributed by atoms with van der Waals surface area (Å²) in [5.41, 5.74) is 0. The second-order valence-electron chi connectivity index (χ2n) is 4.33. The summed E-state index contributed by atoms with van der Waals surface area (Å²) in [6.45, 7) is 2.54. The van der Waals surface area contributed by atoms with E-state index in [0.29, 0.717) is 0 Å². The molecule has 0 aromatic heterocycles. The molecule has 0 aliphatic carbocycles. The molecule has 0 amide bonds. The Hall–Kier alpha value is 0.270. The molecule has 2 unspecified atom stereocenters. The highest BCUT2D eigenvalue weighted by atomic mass is 32.2. The van der Waals surface area contributed by atoms with E-state index >= 15 is 0 Å². The zero-order valence-corrected chi connectivity index (χ0v) is 9.28. The third kappa shape index (κ3) is 2.86. The summed E-state index contributed by atoms with van der Waals surface area (Å²) in [6.07, 6.45) is 4.13. The molecule has 0 aromatic rings. The van der Waals surface area contributed by atoms with Gasteiger partial charge in [0, 0.05) is 24.4 Å². The predicted octanol–water partition coefficient (Wildman–Crippen LogP) is 1.18. The van der Waals surface area contributed by atoms with Crippen molar-refractivity contribution < 1.29 is 0 Å². The van der Waals surface area contributed by atoms with Gasteiger partial charge < -0.3 is 10.2 Å². The second kappa shape index (κ2) is 4.67. The van der Waals surface area contributed by atoms with Crippen LogP contribution < -0.4 is 5.32 Å². The summed E-state index contributed by atoms with van der Waals surface area (Å²) < 4.78 is 0. The van der Waals surface area contributed by atoms with Gasteiger partial charge in [-0.05, 0) is 38.6 Å². The summed E-state index contributed by atoms with van der Waals surface area (Å²) in [5.74, 6) is 2.69. The van der Waals surface area contributed by atoms with Crippen LogP contribution in [0.25, 0.3) is 0 Å². The molecule has 2 saturated heterocycles. The van der Waals surface area contributed by atoms with E-state index < -0.39 is 0 Å². The van der Waals surface area contributed by atoms with Gasteiger partial charge in [0.15, 0.2) is 0 Å². The first-order valence-electron chi connectivity index (χ1n) is 5.37. The van der Waals surface area contributed by atoms with Gasteiger partial charge >= 0.3 is 0 Å². The van der Waals surface area contributed by atoms with Crippen LogP contribution in [0, 0.1) is 0 Å². The zero-order chi connectivity index (χ0) is 9.10. The van der Waals surface area contributed by atoms with Crippen LogP contribution in [0.15, 0.2) is 0 Å². The first-order chi connectivity index (χ1) is 6.34. The Labute approximate surface area is 85.4 Å². The molecule has 2 aliphatic rings. The smallest absolute Gasteiger partial charge is 0.0198 e. The maximum Gasteiger partial charge on any atom is 0.0198 e. The van der Waals surface area contributed by atoms with Gasteiger partial charge in [-0.2, -0.15) is 11.8 Å². The molecule has 13 heavy (non-hydrogen) atoms. The van der Waals surface area contributed by atoms with E-state index in [-0.39, 0.29) is 0 Å². The average molecular weight is 200 g/mol. The molecule has 2 fully saturated rings. The van der Waals surface area contributed by atoms with Crippen LogP contribution in [0.2, 0.25) is 0 Å². The highest BCUT2D eigenvalue weighted by Gasteiger charge is 2.22. The average Bonchev–Trinajstić information content (AvgIpc) is 2.57. The quantitative estimate of drug-likeness (QED) is 0.720. The molecular formula is C10H20N2S. The van der Waals surface area contributed by atoms with Crippen LogP contribution in [0.1, 0.15) is 19.3 Å². The fraction of sp³-hybridized carbons (Fsp3) is 1.00. The molecule has 2 nitrogen and oxygen atoms in total. The molecule has 3 heteroatoms. The monoisotopic (exact) mass is 200 g/mol. The van der Waals surface area contributed by atoms with Crippen molar-refractivity contribution in [2.24, 2.45) is 0 Å². The Morgan fingerprint density at radius 3 is 2.92 bits per heavy atom. The van der Waals surface area contributed by atoms with E-state index in [9.17, 15) is 0 Å². The van der Waals surface area contributed by atoms with Crippen LogP contribution >= 0.6 is 11.8 Å². The van der Waals surface area contributed by atoms with Gasteiger partial charge in [0.1, 0.15) is 0 Å². The van der Waals surface area contributed by atoms with E-state index in [1.165, 1.54) is 43.9 Å². The number of hydrogen-bond donors (Lipinski definition) is 1. The predicted molar refractivity (Wildman–Crippen MR) is 59.4 cm³/mol. The van der Waals surface area contributed by atoms with E-state index in [2.05, 4.69) is 29.0 Å². The van der Waals surface area contributed by atoms with Crippen molar-refractivity contribution in [3.05, 3.63) is 0 Å². The molecule has 76 valence electrons. The largest absolute Gasteiger partial charge is 0.309 e. The SMILES string of the molecule is CN1CCCC(NC2CCSC2)C1. The van der Waals surface area contributed by atoms with Crippen molar-refractivity contribution in [1.82, 2.24) is 10.2 Å². The van der Waals surface area contributed by atoms with Crippen LogP contribution in [-0.4, -0.2) is 48.6 Å². The number of nitrogens with one attached hydrogen (secondary N) is 1. The number of hydrogen-bond acceptors (Lipinski definition) is 3. The van der Waals surface area contributed by atoms with Gasteiger partial charge in [0.2, 0.25) is 0 Å². The van der Waals surface area contributed by atoms with Gasteiger partial charge in [-0.15, -0.1) is 0 Å². The molecule has 2 heterocycles. The highest BCUT2D eigenvalue weighted by Crippen LogP contribution is 2.19. The van der Waals surface area contributed by atoms with Crippen molar-refractivity contribution >= 4 is 11.8 Å². The number of piperidine rings is 1. The number of rotatable bonds is 2. The van der Waals surface area contributed by atoms with E-state index in [4.69, 9.17) is 0 Å². The second-order valence-corrected chi connectivity index (χ2v) is 5.48. The molecule has 1 N–H and O–H groups in total. The van der Waals surface area contributed by atoms with Gasteiger partial charge in [0.05, 0.1) is 0 Å². The minimum absolute atomic E-state index is 0.766. The van der Waals surface area contributed by atoms with Crippen LogP contribution in [0.4, 0.5) is 0 Å². The number of thioether (sulfide) groups is 1. The maximum atomic E-state index is 3.79. The van der Waals surface area contributed by atoms with Crippen molar-refractivity contribution in [2.45, 2.75) is 31.3 Å². The van der Waals surface area contributed by atoms with Gasteiger partial charge in [-0.3, -0.25) is 0 Å². The molecule has 2 rings (SSSR count). The van der Waals surface area contributed by atoms with Gasteiger partial charge in [-0.25, -0.2) is 0 Å². The fourth-order valence-corrected chi connectivity index (χ4v) is 3.47. The molecule has 0 aromatic carbocycles. The lowest BCUT2D eigenvalue weighted by Gasteiger charge is -2.32. The molecule has 2 atom stereocenters. The lowest BCUT2D eigenvalue weighted by atomic mass is 10.1.